The van der Waals surface area contributed by atoms with Crippen molar-refractivity contribution in [3.63, 3.8) is 0 Å². The number of amides is 2. The molecule has 23 heavy (non-hydrogen) atoms. The molecule has 124 valence electrons. The standard InChI is InChI=1S/C17H22N2O4/c1-11(7-10-15(20)21)18-16(22)13-5-3-4-6-14(13)19(2)17(23)12-8-9-12/h3-6,11-12H,7-10H2,1-2H3,(H,18,22)(H,20,21). The zero-order valence-electron chi connectivity index (χ0n) is 13.4. The van der Waals surface area contributed by atoms with Gasteiger partial charge in [-0.2, -0.15) is 0 Å². The van der Waals surface area contributed by atoms with E-state index < -0.39 is 5.97 Å². The van der Waals surface area contributed by atoms with E-state index >= 15 is 0 Å². The number of carbonyl (C=O) groups is 3. The maximum absolute atomic E-state index is 12.4. The van der Waals surface area contributed by atoms with Gasteiger partial charge in [-0.05, 0) is 38.3 Å². The van der Waals surface area contributed by atoms with Gasteiger partial charge < -0.3 is 15.3 Å². The molecule has 2 amide bonds. The number of rotatable bonds is 7. The largest absolute Gasteiger partial charge is 0.481 e. The highest BCUT2D eigenvalue weighted by Gasteiger charge is 2.33. The smallest absolute Gasteiger partial charge is 0.303 e. The number of para-hydroxylation sites is 1. The van der Waals surface area contributed by atoms with Crippen molar-refractivity contribution in [3.05, 3.63) is 29.8 Å². The molecular weight excluding hydrogens is 296 g/mol. The first-order valence-electron chi connectivity index (χ1n) is 7.79. The Morgan fingerprint density at radius 2 is 1.96 bits per heavy atom. The van der Waals surface area contributed by atoms with Crippen LogP contribution in [-0.4, -0.2) is 36.0 Å². The molecule has 1 saturated carbocycles. The number of hydrogen-bond donors (Lipinski definition) is 2. The fourth-order valence-electron chi connectivity index (χ4n) is 2.39. The molecule has 0 heterocycles. The number of nitrogens with zero attached hydrogens (tertiary/aromatic N) is 1. The number of nitrogens with one attached hydrogen (secondary N) is 1. The lowest BCUT2D eigenvalue weighted by Gasteiger charge is -2.21. The summed E-state index contributed by atoms with van der Waals surface area (Å²) in [6, 6.07) is 6.70. The van der Waals surface area contributed by atoms with Gasteiger partial charge in [0.1, 0.15) is 0 Å². The highest BCUT2D eigenvalue weighted by Crippen LogP contribution is 2.33. The second-order valence-corrected chi connectivity index (χ2v) is 6.00. The summed E-state index contributed by atoms with van der Waals surface area (Å²) in [5, 5.41) is 11.5. The van der Waals surface area contributed by atoms with Crippen LogP contribution in [0.3, 0.4) is 0 Å². The number of anilines is 1. The van der Waals surface area contributed by atoms with Crippen LogP contribution in [-0.2, 0) is 9.59 Å². The van der Waals surface area contributed by atoms with Gasteiger partial charge in [-0.25, -0.2) is 0 Å². The van der Waals surface area contributed by atoms with E-state index in [1.807, 2.05) is 0 Å². The third-order valence-corrected chi connectivity index (χ3v) is 3.94. The van der Waals surface area contributed by atoms with Gasteiger partial charge in [-0.3, -0.25) is 14.4 Å². The summed E-state index contributed by atoms with van der Waals surface area (Å²) in [6.07, 6.45) is 2.18. The molecular formula is C17H22N2O4. The van der Waals surface area contributed by atoms with Crippen molar-refractivity contribution in [1.29, 1.82) is 0 Å². The topological polar surface area (TPSA) is 86.7 Å². The minimum atomic E-state index is -0.888. The molecule has 6 nitrogen and oxygen atoms in total. The fraction of sp³-hybridized carbons (Fsp3) is 0.471. The van der Waals surface area contributed by atoms with Gasteiger partial charge in [-0.1, -0.05) is 12.1 Å². The van der Waals surface area contributed by atoms with Crippen molar-refractivity contribution in [1.82, 2.24) is 5.32 Å². The van der Waals surface area contributed by atoms with Crippen molar-refractivity contribution in [2.75, 3.05) is 11.9 Å². The van der Waals surface area contributed by atoms with Crippen LogP contribution in [0.15, 0.2) is 24.3 Å². The normalized spacial score (nSPS) is 14.9. The summed E-state index contributed by atoms with van der Waals surface area (Å²) in [5.41, 5.74) is 0.999. The van der Waals surface area contributed by atoms with E-state index in [0.717, 1.165) is 12.8 Å². The summed E-state index contributed by atoms with van der Waals surface area (Å²) in [4.78, 5) is 36.8. The Morgan fingerprint density at radius 3 is 2.57 bits per heavy atom. The molecule has 1 aromatic rings. The molecule has 0 spiro atoms. The fourth-order valence-corrected chi connectivity index (χ4v) is 2.39. The van der Waals surface area contributed by atoms with Crippen LogP contribution in [0.2, 0.25) is 0 Å². The number of aliphatic carboxylic acids is 1. The lowest BCUT2D eigenvalue weighted by atomic mass is 10.1. The quantitative estimate of drug-likeness (QED) is 0.805. The Bertz CT molecular complexity index is 610. The number of benzene rings is 1. The van der Waals surface area contributed by atoms with Gasteiger partial charge in [-0.15, -0.1) is 0 Å². The van der Waals surface area contributed by atoms with E-state index in [1.165, 1.54) is 4.90 Å². The van der Waals surface area contributed by atoms with Crippen molar-refractivity contribution in [3.8, 4) is 0 Å². The molecule has 0 aromatic heterocycles. The summed E-state index contributed by atoms with van der Waals surface area (Å²) >= 11 is 0. The highest BCUT2D eigenvalue weighted by atomic mass is 16.4. The van der Waals surface area contributed by atoms with Crippen molar-refractivity contribution < 1.29 is 19.5 Å². The third kappa shape index (κ3) is 4.55. The van der Waals surface area contributed by atoms with Gasteiger partial charge in [0.05, 0.1) is 11.3 Å². The molecule has 1 aliphatic carbocycles. The Kier molecular flexibility index (Phi) is 5.36. The lowest BCUT2D eigenvalue weighted by Crippen LogP contribution is -2.35. The predicted molar refractivity (Wildman–Crippen MR) is 86.4 cm³/mol. The highest BCUT2D eigenvalue weighted by molar-refractivity contribution is 6.05. The number of carboxylic acids is 1. The van der Waals surface area contributed by atoms with Crippen molar-refractivity contribution in [2.45, 2.75) is 38.6 Å². The predicted octanol–water partition coefficient (Wildman–Crippen LogP) is 2.04. The molecule has 1 atom stereocenters. The molecule has 1 aliphatic rings. The van der Waals surface area contributed by atoms with Gasteiger partial charge in [0.2, 0.25) is 5.91 Å². The molecule has 1 unspecified atom stereocenters. The Hall–Kier alpha value is -2.37. The average Bonchev–Trinajstić information content (AvgIpc) is 3.36. The number of carboxylic acid groups (broad SMARTS) is 1. The summed E-state index contributed by atoms with van der Waals surface area (Å²) < 4.78 is 0. The second-order valence-electron chi connectivity index (χ2n) is 6.00. The minimum Gasteiger partial charge on any atom is -0.481 e. The number of carbonyl (C=O) groups excluding carboxylic acids is 2. The maximum atomic E-state index is 12.4. The molecule has 0 aliphatic heterocycles. The van der Waals surface area contributed by atoms with E-state index in [1.54, 1.807) is 38.2 Å². The summed E-state index contributed by atoms with van der Waals surface area (Å²) in [5.74, 6) is -1.08. The summed E-state index contributed by atoms with van der Waals surface area (Å²) in [7, 11) is 1.68. The van der Waals surface area contributed by atoms with Crippen LogP contribution < -0.4 is 10.2 Å². The minimum absolute atomic E-state index is 0.00314. The first-order valence-corrected chi connectivity index (χ1v) is 7.79. The van der Waals surface area contributed by atoms with Gasteiger partial charge in [0.25, 0.3) is 5.91 Å². The zero-order valence-corrected chi connectivity index (χ0v) is 13.4. The Labute approximate surface area is 135 Å². The SMILES string of the molecule is CC(CCC(=O)O)NC(=O)c1ccccc1N(C)C(=O)C1CC1. The van der Waals surface area contributed by atoms with Crippen LogP contribution in [0.5, 0.6) is 0 Å². The second kappa shape index (κ2) is 7.26. The van der Waals surface area contributed by atoms with Crippen molar-refractivity contribution in [2.24, 2.45) is 5.92 Å². The molecule has 0 bridgehead atoms. The van der Waals surface area contributed by atoms with Crippen LogP contribution in [0, 0.1) is 5.92 Å². The lowest BCUT2D eigenvalue weighted by molar-refractivity contribution is -0.137. The van der Waals surface area contributed by atoms with Gasteiger partial charge in [0.15, 0.2) is 0 Å². The zero-order chi connectivity index (χ0) is 17.0. The maximum Gasteiger partial charge on any atom is 0.303 e. The Morgan fingerprint density at radius 1 is 1.30 bits per heavy atom. The van der Waals surface area contributed by atoms with Crippen LogP contribution in [0.25, 0.3) is 0 Å². The molecule has 6 heteroatoms. The molecule has 2 rings (SSSR count). The van der Waals surface area contributed by atoms with Crippen LogP contribution in [0.1, 0.15) is 43.0 Å². The van der Waals surface area contributed by atoms with Gasteiger partial charge in [0, 0.05) is 25.4 Å². The molecule has 1 fully saturated rings. The first-order chi connectivity index (χ1) is 10.9. The van der Waals surface area contributed by atoms with E-state index in [4.69, 9.17) is 5.11 Å². The first kappa shape index (κ1) is 17.0. The van der Waals surface area contributed by atoms with Crippen LogP contribution in [0.4, 0.5) is 5.69 Å². The van der Waals surface area contributed by atoms with E-state index in [9.17, 15) is 14.4 Å². The third-order valence-electron chi connectivity index (χ3n) is 3.94. The van der Waals surface area contributed by atoms with E-state index in [-0.39, 0.29) is 30.2 Å². The number of hydrogen-bond acceptors (Lipinski definition) is 3. The monoisotopic (exact) mass is 318 g/mol. The average molecular weight is 318 g/mol. The molecule has 0 saturated heterocycles. The van der Waals surface area contributed by atoms with Crippen molar-refractivity contribution >= 4 is 23.5 Å². The summed E-state index contributed by atoms with van der Waals surface area (Å²) in [6.45, 7) is 1.77. The molecule has 1 aromatic carbocycles. The molecule has 0 radical (unpaired) electrons. The van der Waals surface area contributed by atoms with E-state index in [2.05, 4.69) is 5.32 Å². The van der Waals surface area contributed by atoms with Gasteiger partial charge >= 0.3 is 5.97 Å². The van der Waals surface area contributed by atoms with Crippen LogP contribution >= 0.6 is 0 Å². The Balaban J connectivity index is 2.07. The van der Waals surface area contributed by atoms with E-state index in [0.29, 0.717) is 17.7 Å². The molecule has 2 N–H and O–H groups in total.